The van der Waals surface area contributed by atoms with Gasteiger partial charge in [0, 0.05) is 0 Å². The van der Waals surface area contributed by atoms with E-state index in [9.17, 15) is 0 Å². The summed E-state index contributed by atoms with van der Waals surface area (Å²) in [6.07, 6.45) is 4.43. The van der Waals surface area contributed by atoms with Gasteiger partial charge in [-0.05, 0) is 12.5 Å². The summed E-state index contributed by atoms with van der Waals surface area (Å²) in [6.45, 7) is 2.46. The molecule has 0 N–H and O–H groups in total. The predicted molar refractivity (Wildman–Crippen MR) is 61.1 cm³/mol. The van der Waals surface area contributed by atoms with Crippen molar-refractivity contribution in [2.45, 2.75) is 19.4 Å². The lowest BCUT2D eigenvalue weighted by Gasteiger charge is -2.05. The molecule has 1 atom stereocenters. The van der Waals surface area contributed by atoms with Gasteiger partial charge in [0.15, 0.2) is 0 Å². The van der Waals surface area contributed by atoms with Gasteiger partial charge in [-0.25, -0.2) is 0 Å². The van der Waals surface area contributed by atoms with Gasteiger partial charge in [0.05, 0.1) is 25.2 Å². The summed E-state index contributed by atoms with van der Waals surface area (Å²) in [7, 11) is 0. The molecule has 0 aromatic heterocycles. The van der Waals surface area contributed by atoms with Crippen LogP contribution < -0.4 is 0 Å². The van der Waals surface area contributed by atoms with Crippen LogP contribution in [0.1, 0.15) is 18.9 Å². The number of hydrogen-bond donors (Lipinski definition) is 0. The van der Waals surface area contributed by atoms with Crippen LogP contribution in [0.3, 0.4) is 0 Å². The molecule has 0 fully saturated rings. The Morgan fingerprint density at radius 1 is 1.40 bits per heavy atom. The third-order valence-corrected chi connectivity index (χ3v) is 1.97. The van der Waals surface area contributed by atoms with Crippen molar-refractivity contribution in [2.75, 3.05) is 6.61 Å². The molecule has 2 nitrogen and oxygen atoms in total. The lowest BCUT2D eigenvalue weighted by molar-refractivity contribution is 0.0923. The molecule has 0 saturated carbocycles. The molecule has 1 aromatic rings. The molecule has 0 amide bonds. The van der Waals surface area contributed by atoms with Gasteiger partial charge in [-0.3, -0.25) is 0 Å². The second kappa shape index (κ2) is 6.80. The van der Waals surface area contributed by atoms with E-state index in [1.807, 2.05) is 49.4 Å². The minimum absolute atomic E-state index is 0.00965. The van der Waals surface area contributed by atoms with Crippen LogP contribution in [0.5, 0.6) is 0 Å². The smallest absolute Gasteiger partial charge is 0.0681 e. The first-order chi connectivity index (χ1) is 7.33. The highest BCUT2D eigenvalue weighted by Crippen LogP contribution is 2.01. The van der Waals surface area contributed by atoms with E-state index in [1.165, 1.54) is 0 Å². The van der Waals surface area contributed by atoms with Gasteiger partial charge in [-0.15, -0.1) is 0 Å². The van der Waals surface area contributed by atoms with E-state index in [4.69, 9.17) is 10.00 Å². The van der Waals surface area contributed by atoms with Crippen molar-refractivity contribution < 1.29 is 4.74 Å². The van der Waals surface area contributed by atoms with Gasteiger partial charge < -0.3 is 4.74 Å². The van der Waals surface area contributed by atoms with Crippen molar-refractivity contribution in [1.29, 1.82) is 5.26 Å². The first kappa shape index (κ1) is 11.5. The largest absolute Gasteiger partial charge is 0.373 e. The van der Waals surface area contributed by atoms with Crippen LogP contribution in [0.2, 0.25) is 0 Å². The van der Waals surface area contributed by atoms with Crippen LogP contribution in [-0.2, 0) is 4.74 Å². The maximum absolute atomic E-state index is 8.42. The molecule has 0 radical (unpaired) electrons. The average Bonchev–Trinajstić information content (AvgIpc) is 2.26. The Kier molecular flexibility index (Phi) is 5.21. The van der Waals surface area contributed by atoms with E-state index in [1.54, 1.807) is 0 Å². The van der Waals surface area contributed by atoms with E-state index in [0.717, 1.165) is 5.56 Å². The Morgan fingerprint density at radius 3 is 2.80 bits per heavy atom. The molecule has 2 heteroatoms. The number of rotatable bonds is 5. The van der Waals surface area contributed by atoms with Gasteiger partial charge in [-0.1, -0.05) is 42.5 Å². The number of hydrogen-bond acceptors (Lipinski definition) is 2. The number of benzene rings is 1. The number of nitrogens with zero attached hydrogens (tertiary/aromatic N) is 1. The maximum atomic E-state index is 8.42. The van der Waals surface area contributed by atoms with Crippen LogP contribution >= 0.6 is 0 Å². The molecule has 0 aliphatic rings. The third-order valence-electron chi connectivity index (χ3n) is 1.97. The van der Waals surface area contributed by atoms with Crippen LogP contribution in [0, 0.1) is 11.3 Å². The molecular weight excluding hydrogens is 186 g/mol. The zero-order valence-corrected chi connectivity index (χ0v) is 8.89. The fraction of sp³-hybridized carbons (Fsp3) is 0.308. The van der Waals surface area contributed by atoms with Crippen LogP contribution in [0.25, 0.3) is 6.08 Å². The SMILES string of the molecule is CC(CC#N)OCC=Cc1ccccc1. The highest BCUT2D eigenvalue weighted by Gasteiger charge is 1.97. The molecule has 1 aromatic carbocycles. The predicted octanol–water partition coefficient (Wildman–Crippen LogP) is 3.02. The Balaban J connectivity index is 2.26. The summed E-state index contributed by atoms with van der Waals surface area (Å²) >= 11 is 0. The molecule has 78 valence electrons. The summed E-state index contributed by atoms with van der Waals surface area (Å²) < 4.78 is 5.39. The van der Waals surface area contributed by atoms with Gasteiger partial charge in [0.25, 0.3) is 0 Å². The van der Waals surface area contributed by atoms with Crippen LogP contribution in [0.15, 0.2) is 36.4 Å². The van der Waals surface area contributed by atoms with E-state index in [2.05, 4.69) is 6.07 Å². The maximum Gasteiger partial charge on any atom is 0.0681 e. The molecular formula is C13H15NO. The van der Waals surface area contributed by atoms with Crippen molar-refractivity contribution in [1.82, 2.24) is 0 Å². The quantitative estimate of drug-likeness (QED) is 0.733. The van der Waals surface area contributed by atoms with Crippen LogP contribution in [0.4, 0.5) is 0 Å². The molecule has 15 heavy (non-hydrogen) atoms. The normalized spacial score (nSPS) is 12.5. The zero-order chi connectivity index (χ0) is 10.9. The van der Waals surface area contributed by atoms with E-state index < -0.39 is 0 Å². The van der Waals surface area contributed by atoms with E-state index in [0.29, 0.717) is 13.0 Å². The third kappa shape index (κ3) is 4.99. The number of nitriles is 1. The summed E-state index contributed by atoms with van der Waals surface area (Å²) in [5.74, 6) is 0. The molecule has 0 aliphatic heterocycles. The zero-order valence-electron chi connectivity index (χ0n) is 8.89. The van der Waals surface area contributed by atoms with E-state index in [-0.39, 0.29) is 6.10 Å². The molecule has 0 heterocycles. The standard InChI is InChI=1S/C13H15NO/c1-12(9-10-14)15-11-5-8-13-6-3-2-4-7-13/h2-8,12H,9,11H2,1H3. The fourth-order valence-corrected chi connectivity index (χ4v) is 1.16. The molecule has 1 rings (SSSR count). The highest BCUT2D eigenvalue weighted by atomic mass is 16.5. The Morgan fingerprint density at radius 2 is 2.13 bits per heavy atom. The van der Waals surface area contributed by atoms with Crippen molar-refractivity contribution in [3.8, 4) is 6.07 Å². The summed E-state index contributed by atoms with van der Waals surface area (Å²) in [4.78, 5) is 0. The van der Waals surface area contributed by atoms with Gasteiger partial charge in [-0.2, -0.15) is 5.26 Å². The lowest BCUT2D eigenvalue weighted by atomic mass is 10.2. The average molecular weight is 201 g/mol. The second-order valence-corrected chi connectivity index (χ2v) is 3.32. The molecule has 0 saturated heterocycles. The molecule has 0 bridgehead atoms. The molecule has 1 unspecified atom stereocenters. The number of ether oxygens (including phenoxy) is 1. The topological polar surface area (TPSA) is 33.0 Å². The summed E-state index contributed by atoms with van der Waals surface area (Å²) in [5.41, 5.74) is 1.16. The Labute approximate surface area is 90.8 Å². The van der Waals surface area contributed by atoms with Gasteiger partial charge >= 0.3 is 0 Å². The van der Waals surface area contributed by atoms with Crippen molar-refractivity contribution in [3.05, 3.63) is 42.0 Å². The summed E-state index contributed by atoms with van der Waals surface area (Å²) in [5, 5.41) is 8.42. The fourth-order valence-electron chi connectivity index (χ4n) is 1.16. The second-order valence-electron chi connectivity index (χ2n) is 3.32. The van der Waals surface area contributed by atoms with E-state index >= 15 is 0 Å². The first-order valence-corrected chi connectivity index (χ1v) is 5.03. The van der Waals surface area contributed by atoms with Gasteiger partial charge in [0.1, 0.15) is 0 Å². The lowest BCUT2D eigenvalue weighted by Crippen LogP contribution is -2.06. The molecule has 0 aliphatic carbocycles. The Bertz CT molecular complexity index is 337. The minimum atomic E-state index is 0.00965. The van der Waals surface area contributed by atoms with Crippen molar-refractivity contribution in [3.63, 3.8) is 0 Å². The highest BCUT2D eigenvalue weighted by molar-refractivity contribution is 5.48. The van der Waals surface area contributed by atoms with Crippen molar-refractivity contribution >= 4 is 6.08 Å². The molecule has 0 spiro atoms. The first-order valence-electron chi connectivity index (χ1n) is 5.03. The Hall–Kier alpha value is -1.59. The van der Waals surface area contributed by atoms with Gasteiger partial charge in [0.2, 0.25) is 0 Å². The van der Waals surface area contributed by atoms with Crippen molar-refractivity contribution in [2.24, 2.45) is 0 Å². The van der Waals surface area contributed by atoms with Crippen LogP contribution in [-0.4, -0.2) is 12.7 Å². The summed E-state index contributed by atoms with van der Waals surface area (Å²) in [6, 6.07) is 12.1. The monoisotopic (exact) mass is 201 g/mol. The minimum Gasteiger partial charge on any atom is -0.373 e.